The molecule has 2 rings (SSSR count). The van der Waals surface area contributed by atoms with Crippen LogP contribution in [0.15, 0.2) is 42.5 Å². The predicted molar refractivity (Wildman–Crippen MR) is 70.6 cm³/mol. The highest BCUT2D eigenvalue weighted by Crippen LogP contribution is 2.32. The molecule has 0 aliphatic heterocycles. The van der Waals surface area contributed by atoms with Gasteiger partial charge in [0.15, 0.2) is 0 Å². The molecule has 0 aliphatic carbocycles. The number of ether oxygens (including phenoxy) is 1. The zero-order chi connectivity index (χ0) is 12.3. The molecule has 88 valence electrons. The third-order valence-corrected chi connectivity index (χ3v) is 2.78. The summed E-state index contributed by atoms with van der Waals surface area (Å²) in [5, 5.41) is 0.578. The molecule has 0 spiro atoms. The summed E-state index contributed by atoms with van der Waals surface area (Å²) >= 11 is 6.12. The Labute approximate surface area is 106 Å². The van der Waals surface area contributed by atoms with Crippen LogP contribution in [-0.2, 0) is 6.54 Å². The zero-order valence-corrected chi connectivity index (χ0v) is 10.4. The molecular weight excluding hydrogens is 234 g/mol. The first kappa shape index (κ1) is 12.0. The lowest BCUT2D eigenvalue weighted by molar-refractivity contribution is 0.476. The molecule has 3 heteroatoms. The molecule has 2 N–H and O–H groups in total. The molecule has 2 aromatic rings. The van der Waals surface area contributed by atoms with Crippen molar-refractivity contribution in [2.24, 2.45) is 5.73 Å². The summed E-state index contributed by atoms with van der Waals surface area (Å²) < 4.78 is 5.80. The van der Waals surface area contributed by atoms with E-state index in [0.717, 1.165) is 16.9 Å². The van der Waals surface area contributed by atoms with Gasteiger partial charge >= 0.3 is 0 Å². The van der Waals surface area contributed by atoms with Gasteiger partial charge in [-0.2, -0.15) is 0 Å². The van der Waals surface area contributed by atoms with Crippen LogP contribution < -0.4 is 10.5 Å². The Hall–Kier alpha value is -1.51. The van der Waals surface area contributed by atoms with Crippen LogP contribution in [0, 0.1) is 6.92 Å². The molecule has 2 aromatic carbocycles. The van der Waals surface area contributed by atoms with Crippen LogP contribution in [0.3, 0.4) is 0 Å². The quantitative estimate of drug-likeness (QED) is 0.893. The van der Waals surface area contributed by atoms with Crippen molar-refractivity contribution < 1.29 is 4.74 Å². The van der Waals surface area contributed by atoms with Crippen LogP contribution in [0.4, 0.5) is 0 Å². The minimum atomic E-state index is 0.404. The third-order valence-electron chi connectivity index (χ3n) is 2.48. The number of aryl methyl sites for hydroxylation is 1. The lowest BCUT2D eigenvalue weighted by Gasteiger charge is -2.12. The minimum absolute atomic E-state index is 0.404. The van der Waals surface area contributed by atoms with E-state index in [-0.39, 0.29) is 0 Å². The zero-order valence-electron chi connectivity index (χ0n) is 9.61. The molecule has 17 heavy (non-hydrogen) atoms. The Morgan fingerprint density at radius 2 is 1.94 bits per heavy atom. The molecule has 0 unspecified atom stereocenters. The van der Waals surface area contributed by atoms with E-state index >= 15 is 0 Å². The molecule has 0 amide bonds. The Morgan fingerprint density at radius 1 is 1.18 bits per heavy atom. The summed E-state index contributed by atoms with van der Waals surface area (Å²) in [6, 6.07) is 13.4. The second-order valence-corrected chi connectivity index (χ2v) is 4.26. The van der Waals surface area contributed by atoms with Gasteiger partial charge in [0.05, 0.1) is 5.02 Å². The van der Waals surface area contributed by atoms with Gasteiger partial charge in [-0.25, -0.2) is 0 Å². The van der Waals surface area contributed by atoms with Crippen LogP contribution in [0.25, 0.3) is 0 Å². The van der Waals surface area contributed by atoms with Gasteiger partial charge < -0.3 is 10.5 Å². The van der Waals surface area contributed by atoms with Gasteiger partial charge in [0.1, 0.15) is 11.5 Å². The van der Waals surface area contributed by atoms with Crippen LogP contribution in [0.2, 0.25) is 5.02 Å². The molecule has 0 heterocycles. The third kappa shape index (κ3) is 2.78. The average Bonchev–Trinajstić information content (AvgIpc) is 2.32. The molecule has 0 fully saturated rings. The molecule has 0 aromatic heterocycles. The van der Waals surface area contributed by atoms with Crippen molar-refractivity contribution in [1.29, 1.82) is 0 Å². The fraction of sp³-hybridized carbons (Fsp3) is 0.143. The molecule has 0 bridgehead atoms. The van der Waals surface area contributed by atoms with E-state index in [2.05, 4.69) is 0 Å². The van der Waals surface area contributed by atoms with E-state index in [1.807, 2.05) is 43.3 Å². The molecule has 0 saturated carbocycles. The highest BCUT2D eigenvalue weighted by molar-refractivity contribution is 6.32. The highest BCUT2D eigenvalue weighted by Gasteiger charge is 2.08. The van der Waals surface area contributed by atoms with Crippen molar-refractivity contribution in [3.05, 3.63) is 58.6 Å². The largest absolute Gasteiger partial charge is 0.455 e. The van der Waals surface area contributed by atoms with Crippen LogP contribution in [-0.4, -0.2) is 0 Å². The Balaban J connectivity index is 2.35. The average molecular weight is 248 g/mol. The van der Waals surface area contributed by atoms with Gasteiger partial charge in [0.2, 0.25) is 0 Å². The van der Waals surface area contributed by atoms with Gasteiger partial charge in [-0.1, -0.05) is 35.9 Å². The molecule has 0 radical (unpaired) electrons. The first-order valence-corrected chi connectivity index (χ1v) is 5.80. The summed E-state index contributed by atoms with van der Waals surface area (Å²) in [6.07, 6.45) is 0. The van der Waals surface area contributed by atoms with Gasteiger partial charge in [-0.3, -0.25) is 0 Å². The van der Waals surface area contributed by atoms with Crippen molar-refractivity contribution in [3.63, 3.8) is 0 Å². The number of hydrogen-bond acceptors (Lipinski definition) is 2. The molecular formula is C14H14ClNO. The topological polar surface area (TPSA) is 35.2 Å². The highest BCUT2D eigenvalue weighted by atomic mass is 35.5. The maximum absolute atomic E-state index is 6.12. The molecule has 2 nitrogen and oxygen atoms in total. The van der Waals surface area contributed by atoms with Gasteiger partial charge in [0.25, 0.3) is 0 Å². The Bertz CT molecular complexity index is 525. The second kappa shape index (κ2) is 5.21. The summed E-state index contributed by atoms with van der Waals surface area (Å²) in [6.45, 7) is 2.42. The molecule has 0 atom stereocenters. The van der Waals surface area contributed by atoms with Crippen molar-refractivity contribution in [3.8, 4) is 11.5 Å². The van der Waals surface area contributed by atoms with Crippen LogP contribution >= 0.6 is 11.6 Å². The first-order valence-electron chi connectivity index (χ1n) is 5.42. The fourth-order valence-corrected chi connectivity index (χ4v) is 1.86. The summed E-state index contributed by atoms with van der Waals surface area (Å²) in [5.74, 6) is 1.41. The van der Waals surface area contributed by atoms with Crippen molar-refractivity contribution in [1.82, 2.24) is 0 Å². The van der Waals surface area contributed by atoms with E-state index < -0.39 is 0 Å². The van der Waals surface area contributed by atoms with E-state index in [4.69, 9.17) is 22.1 Å². The second-order valence-electron chi connectivity index (χ2n) is 3.85. The van der Waals surface area contributed by atoms with E-state index in [1.54, 1.807) is 6.07 Å². The SMILES string of the molecule is Cc1cccc(Oc2c(Cl)cccc2CN)c1. The number of nitrogens with two attached hydrogens (primary N) is 1. The maximum atomic E-state index is 6.12. The van der Waals surface area contributed by atoms with E-state index in [1.165, 1.54) is 0 Å². The molecule has 0 aliphatic rings. The summed E-state index contributed by atoms with van der Waals surface area (Å²) in [5.41, 5.74) is 7.71. The predicted octanol–water partition coefficient (Wildman–Crippen LogP) is 3.90. The van der Waals surface area contributed by atoms with Gasteiger partial charge in [0, 0.05) is 12.1 Å². The number of rotatable bonds is 3. The summed E-state index contributed by atoms with van der Waals surface area (Å²) in [4.78, 5) is 0. The van der Waals surface area contributed by atoms with Crippen molar-refractivity contribution in [2.45, 2.75) is 13.5 Å². The van der Waals surface area contributed by atoms with Gasteiger partial charge in [-0.05, 0) is 30.7 Å². The first-order chi connectivity index (χ1) is 8.20. The minimum Gasteiger partial charge on any atom is -0.455 e. The van der Waals surface area contributed by atoms with E-state index in [0.29, 0.717) is 17.3 Å². The van der Waals surface area contributed by atoms with Crippen LogP contribution in [0.1, 0.15) is 11.1 Å². The van der Waals surface area contributed by atoms with Crippen LogP contribution in [0.5, 0.6) is 11.5 Å². The number of benzene rings is 2. The smallest absolute Gasteiger partial charge is 0.150 e. The lowest BCUT2D eigenvalue weighted by Crippen LogP contribution is -1.99. The number of hydrogen-bond donors (Lipinski definition) is 1. The van der Waals surface area contributed by atoms with E-state index in [9.17, 15) is 0 Å². The van der Waals surface area contributed by atoms with Crippen molar-refractivity contribution >= 4 is 11.6 Å². The monoisotopic (exact) mass is 247 g/mol. The lowest BCUT2D eigenvalue weighted by atomic mass is 10.2. The Kier molecular flexibility index (Phi) is 3.67. The van der Waals surface area contributed by atoms with Crippen molar-refractivity contribution in [2.75, 3.05) is 0 Å². The van der Waals surface area contributed by atoms with Gasteiger partial charge in [-0.15, -0.1) is 0 Å². The normalized spacial score (nSPS) is 10.3. The number of para-hydroxylation sites is 1. The number of halogens is 1. The molecule has 0 saturated heterocycles. The summed E-state index contributed by atoms with van der Waals surface area (Å²) in [7, 11) is 0. The fourth-order valence-electron chi connectivity index (χ4n) is 1.63. The Morgan fingerprint density at radius 3 is 2.65 bits per heavy atom. The maximum Gasteiger partial charge on any atom is 0.150 e. The standard InChI is InChI=1S/C14H14ClNO/c1-10-4-2-6-12(8-10)17-14-11(9-16)5-3-7-13(14)15/h2-8H,9,16H2,1H3.